The number of anilines is 1. The van der Waals surface area contributed by atoms with Crippen molar-refractivity contribution in [3.8, 4) is 11.1 Å². The van der Waals surface area contributed by atoms with Crippen LogP contribution < -0.4 is 5.73 Å². The number of halogens is 1. The highest BCUT2D eigenvalue weighted by Crippen LogP contribution is 2.37. The predicted octanol–water partition coefficient (Wildman–Crippen LogP) is 2.45. The zero-order chi connectivity index (χ0) is 15.1. The number of thioether (sulfide) groups is 1. The second-order valence-corrected chi connectivity index (χ2v) is 7.54. The molecule has 0 amide bonds. The monoisotopic (exact) mass is 331 g/mol. The van der Waals surface area contributed by atoms with E-state index in [2.05, 4.69) is 5.10 Å². The SMILES string of the molecule is CSc1c(Cl)cc(-c2cnn(C)c2N)cc1S(C)(=O)=O. The second-order valence-electron chi connectivity index (χ2n) is 4.33. The average Bonchev–Trinajstić information content (AvgIpc) is 2.68. The van der Waals surface area contributed by atoms with Gasteiger partial charge in [-0.1, -0.05) is 11.6 Å². The Labute approximate surface area is 127 Å². The summed E-state index contributed by atoms with van der Waals surface area (Å²) in [6.45, 7) is 0. The van der Waals surface area contributed by atoms with Crippen LogP contribution in [-0.2, 0) is 16.9 Å². The number of hydrogen-bond donors (Lipinski definition) is 1. The summed E-state index contributed by atoms with van der Waals surface area (Å²) in [7, 11) is -1.66. The fraction of sp³-hybridized carbons (Fsp3) is 0.250. The van der Waals surface area contributed by atoms with Crippen LogP contribution in [0.15, 0.2) is 28.1 Å². The Morgan fingerprint density at radius 2 is 2.05 bits per heavy atom. The first-order chi connectivity index (χ1) is 9.25. The third-order valence-electron chi connectivity index (χ3n) is 2.91. The van der Waals surface area contributed by atoms with E-state index in [0.29, 0.717) is 26.9 Å². The third-order valence-corrected chi connectivity index (χ3v) is 5.42. The summed E-state index contributed by atoms with van der Waals surface area (Å²) in [4.78, 5) is 0.746. The molecule has 1 aromatic carbocycles. The lowest BCUT2D eigenvalue weighted by atomic mass is 10.1. The molecule has 0 unspecified atom stereocenters. The van der Waals surface area contributed by atoms with E-state index < -0.39 is 9.84 Å². The number of sulfone groups is 1. The van der Waals surface area contributed by atoms with Gasteiger partial charge in [-0.15, -0.1) is 11.8 Å². The molecular weight excluding hydrogens is 318 g/mol. The summed E-state index contributed by atoms with van der Waals surface area (Å²) in [5.41, 5.74) is 7.21. The minimum Gasteiger partial charge on any atom is -0.383 e. The van der Waals surface area contributed by atoms with Crippen molar-refractivity contribution in [2.75, 3.05) is 18.2 Å². The molecule has 8 heteroatoms. The van der Waals surface area contributed by atoms with Crippen LogP contribution in [0.25, 0.3) is 11.1 Å². The molecular formula is C12H14ClN3O2S2. The van der Waals surface area contributed by atoms with Crippen molar-refractivity contribution < 1.29 is 8.42 Å². The minimum atomic E-state index is -3.38. The normalized spacial score (nSPS) is 11.8. The highest BCUT2D eigenvalue weighted by molar-refractivity contribution is 7.99. The first-order valence-electron chi connectivity index (χ1n) is 5.61. The molecule has 1 heterocycles. The average molecular weight is 332 g/mol. The lowest BCUT2D eigenvalue weighted by Gasteiger charge is -2.11. The molecule has 0 atom stereocenters. The summed E-state index contributed by atoms with van der Waals surface area (Å²) in [6, 6.07) is 3.29. The number of nitrogens with zero attached hydrogens (tertiary/aromatic N) is 2. The van der Waals surface area contributed by atoms with Crippen molar-refractivity contribution >= 4 is 39.0 Å². The Morgan fingerprint density at radius 3 is 2.50 bits per heavy atom. The molecule has 0 saturated carbocycles. The van der Waals surface area contributed by atoms with Gasteiger partial charge in [-0.05, 0) is 24.0 Å². The Bertz CT molecular complexity index is 769. The highest BCUT2D eigenvalue weighted by atomic mass is 35.5. The summed E-state index contributed by atoms with van der Waals surface area (Å²) in [6.07, 6.45) is 4.54. The van der Waals surface area contributed by atoms with Crippen molar-refractivity contribution in [3.05, 3.63) is 23.4 Å². The fourth-order valence-electron chi connectivity index (χ4n) is 1.87. The molecule has 0 aliphatic rings. The van der Waals surface area contributed by atoms with E-state index in [0.717, 1.165) is 6.26 Å². The minimum absolute atomic E-state index is 0.204. The molecule has 2 aromatic rings. The van der Waals surface area contributed by atoms with Crippen LogP contribution in [-0.4, -0.2) is 30.7 Å². The summed E-state index contributed by atoms with van der Waals surface area (Å²) in [5, 5.41) is 4.44. The first-order valence-corrected chi connectivity index (χ1v) is 9.10. The van der Waals surface area contributed by atoms with Gasteiger partial charge in [0.05, 0.1) is 16.1 Å². The largest absolute Gasteiger partial charge is 0.383 e. The van der Waals surface area contributed by atoms with E-state index in [-0.39, 0.29) is 4.90 Å². The maximum absolute atomic E-state index is 11.9. The van der Waals surface area contributed by atoms with Crippen LogP contribution >= 0.6 is 23.4 Å². The zero-order valence-electron chi connectivity index (χ0n) is 11.2. The van der Waals surface area contributed by atoms with Crippen molar-refractivity contribution in [2.45, 2.75) is 9.79 Å². The fourth-order valence-corrected chi connectivity index (χ4v) is 4.38. The number of nitrogens with two attached hydrogens (primary N) is 1. The molecule has 20 heavy (non-hydrogen) atoms. The van der Waals surface area contributed by atoms with Gasteiger partial charge in [-0.3, -0.25) is 4.68 Å². The summed E-state index contributed by atoms with van der Waals surface area (Å²) >= 11 is 7.50. The predicted molar refractivity (Wildman–Crippen MR) is 83.0 cm³/mol. The van der Waals surface area contributed by atoms with Gasteiger partial charge in [0.15, 0.2) is 9.84 Å². The van der Waals surface area contributed by atoms with Crippen LogP contribution in [0, 0.1) is 0 Å². The molecule has 0 bridgehead atoms. The molecule has 108 valence electrons. The molecule has 5 nitrogen and oxygen atoms in total. The number of aromatic nitrogens is 2. The number of rotatable bonds is 3. The van der Waals surface area contributed by atoms with Crippen molar-refractivity contribution in [2.24, 2.45) is 7.05 Å². The standard InChI is InChI=1S/C12H14ClN3O2S2/c1-16-12(14)8(6-15-16)7-4-9(13)11(19-2)10(5-7)20(3,17)18/h4-6H,14H2,1-3H3. The molecule has 0 saturated heterocycles. The number of aryl methyl sites for hydroxylation is 1. The van der Waals surface area contributed by atoms with Gasteiger partial charge in [-0.25, -0.2) is 8.42 Å². The highest BCUT2D eigenvalue weighted by Gasteiger charge is 2.19. The van der Waals surface area contributed by atoms with Gasteiger partial charge in [0, 0.05) is 23.8 Å². The van der Waals surface area contributed by atoms with Gasteiger partial charge in [0.2, 0.25) is 0 Å². The molecule has 2 N–H and O–H groups in total. The molecule has 0 fully saturated rings. The van der Waals surface area contributed by atoms with Crippen LogP contribution in [0.1, 0.15) is 0 Å². The van der Waals surface area contributed by atoms with Gasteiger partial charge >= 0.3 is 0 Å². The molecule has 0 spiro atoms. The maximum atomic E-state index is 11.9. The van der Waals surface area contributed by atoms with Gasteiger partial charge in [0.1, 0.15) is 5.82 Å². The lowest BCUT2D eigenvalue weighted by molar-refractivity contribution is 0.600. The number of benzene rings is 1. The topological polar surface area (TPSA) is 78.0 Å². The first kappa shape index (κ1) is 15.2. The molecule has 0 radical (unpaired) electrons. The summed E-state index contributed by atoms with van der Waals surface area (Å²) < 4.78 is 25.3. The lowest BCUT2D eigenvalue weighted by Crippen LogP contribution is -2.01. The third kappa shape index (κ3) is 2.65. The van der Waals surface area contributed by atoms with Gasteiger partial charge in [-0.2, -0.15) is 5.10 Å². The van der Waals surface area contributed by atoms with Crippen LogP contribution in [0.3, 0.4) is 0 Å². The van der Waals surface area contributed by atoms with Crippen LogP contribution in [0.4, 0.5) is 5.82 Å². The van der Waals surface area contributed by atoms with E-state index in [1.807, 2.05) is 0 Å². The molecule has 2 rings (SSSR count). The van der Waals surface area contributed by atoms with Gasteiger partial charge in [0.25, 0.3) is 0 Å². The second kappa shape index (κ2) is 5.31. The molecule has 0 aliphatic heterocycles. The quantitative estimate of drug-likeness (QED) is 0.874. The molecule has 1 aromatic heterocycles. The van der Waals surface area contributed by atoms with Crippen LogP contribution in [0.2, 0.25) is 5.02 Å². The van der Waals surface area contributed by atoms with E-state index >= 15 is 0 Å². The molecule has 0 aliphatic carbocycles. The van der Waals surface area contributed by atoms with E-state index in [9.17, 15) is 8.42 Å². The van der Waals surface area contributed by atoms with Crippen molar-refractivity contribution in [1.29, 1.82) is 0 Å². The smallest absolute Gasteiger partial charge is 0.176 e. The summed E-state index contributed by atoms with van der Waals surface area (Å²) in [5.74, 6) is 0.456. The van der Waals surface area contributed by atoms with Crippen molar-refractivity contribution in [1.82, 2.24) is 9.78 Å². The van der Waals surface area contributed by atoms with E-state index in [1.54, 1.807) is 31.6 Å². The Morgan fingerprint density at radius 1 is 1.40 bits per heavy atom. The zero-order valence-corrected chi connectivity index (χ0v) is 13.6. The number of hydrogen-bond acceptors (Lipinski definition) is 5. The van der Waals surface area contributed by atoms with Gasteiger partial charge < -0.3 is 5.73 Å². The van der Waals surface area contributed by atoms with Crippen molar-refractivity contribution in [3.63, 3.8) is 0 Å². The van der Waals surface area contributed by atoms with Crippen LogP contribution in [0.5, 0.6) is 0 Å². The maximum Gasteiger partial charge on any atom is 0.176 e. The van der Waals surface area contributed by atoms with E-state index in [4.69, 9.17) is 17.3 Å². The number of nitrogen functional groups attached to an aromatic ring is 1. The Balaban J connectivity index is 2.75. The van der Waals surface area contributed by atoms with E-state index in [1.165, 1.54) is 16.4 Å². The Kier molecular flexibility index (Phi) is 4.04. The Hall–Kier alpha value is -1.18.